The van der Waals surface area contributed by atoms with Gasteiger partial charge in [0, 0.05) is 37.5 Å². The average Bonchev–Trinajstić information content (AvgIpc) is 3.14. The van der Waals surface area contributed by atoms with E-state index in [-0.39, 0.29) is 35.0 Å². The molecule has 0 amide bonds. The molecule has 0 unspecified atom stereocenters. The van der Waals surface area contributed by atoms with E-state index >= 15 is 0 Å². The molecule has 0 saturated carbocycles. The first-order chi connectivity index (χ1) is 14.2. The minimum Gasteiger partial charge on any atom is -0.453 e. The number of ether oxygens (including phenoxy) is 2. The van der Waals surface area contributed by atoms with Crippen LogP contribution in [-0.2, 0) is 26.5 Å². The molecule has 1 aromatic carbocycles. The summed E-state index contributed by atoms with van der Waals surface area (Å²) in [7, 11) is -2.05. The van der Waals surface area contributed by atoms with Crippen LogP contribution in [0.15, 0.2) is 41.4 Å². The number of carbonyl (C=O) groups is 3. The van der Waals surface area contributed by atoms with Crippen LogP contribution >= 0.6 is 0 Å². The molecule has 160 valence electrons. The van der Waals surface area contributed by atoms with Crippen molar-refractivity contribution in [2.45, 2.75) is 11.8 Å². The zero-order chi connectivity index (χ0) is 21.9. The zero-order valence-corrected chi connectivity index (χ0v) is 17.5. The third kappa shape index (κ3) is 4.66. The Morgan fingerprint density at radius 1 is 1.07 bits per heavy atom. The van der Waals surface area contributed by atoms with E-state index in [9.17, 15) is 22.8 Å². The highest BCUT2D eigenvalue weighted by molar-refractivity contribution is 7.89. The van der Waals surface area contributed by atoms with E-state index in [4.69, 9.17) is 9.47 Å². The monoisotopic (exact) mass is 434 g/mol. The molecular weight excluding hydrogens is 412 g/mol. The van der Waals surface area contributed by atoms with Gasteiger partial charge in [-0.05, 0) is 37.3 Å². The minimum absolute atomic E-state index is 0.0820. The van der Waals surface area contributed by atoms with Gasteiger partial charge in [-0.25, -0.2) is 13.2 Å². The lowest BCUT2D eigenvalue weighted by molar-refractivity contribution is 0.0465. The molecule has 9 nitrogen and oxygen atoms in total. The fraction of sp³-hybridized carbons (Fsp3) is 0.350. The maximum atomic E-state index is 12.6. The van der Waals surface area contributed by atoms with Crippen molar-refractivity contribution in [1.29, 1.82) is 0 Å². The van der Waals surface area contributed by atoms with E-state index in [1.807, 2.05) is 0 Å². The quantitative estimate of drug-likeness (QED) is 0.477. The molecular formula is C20H22N2O7S. The summed E-state index contributed by atoms with van der Waals surface area (Å²) in [5.41, 5.74) is 0.743. The minimum atomic E-state index is -3.65. The Hall–Kier alpha value is -2.82. The number of carbonyl (C=O) groups excluding carboxylic acids is 3. The van der Waals surface area contributed by atoms with E-state index in [0.29, 0.717) is 18.8 Å². The first-order valence-corrected chi connectivity index (χ1v) is 10.7. The topological polar surface area (TPSA) is 112 Å². The highest BCUT2D eigenvalue weighted by atomic mass is 32.2. The van der Waals surface area contributed by atoms with Crippen LogP contribution < -0.4 is 0 Å². The van der Waals surface area contributed by atoms with Crippen LogP contribution in [0, 0.1) is 0 Å². The summed E-state index contributed by atoms with van der Waals surface area (Å²) in [6.45, 7) is 2.13. The van der Waals surface area contributed by atoms with Gasteiger partial charge >= 0.3 is 5.97 Å². The molecule has 0 bridgehead atoms. The van der Waals surface area contributed by atoms with Gasteiger partial charge in [0.2, 0.25) is 10.0 Å². The summed E-state index contributed by atoms with van der Waals surface area (Å²) < 4.78 is 38.2. The number of aryl methyl sites for hydroxylation is 1. The van der Waals surface area contributed by atoms with Gasteiger partial charge in [0.05, 0.1) is 18.1 Å². The van der Waals surface area contributed by atoms with Crippen LogP contribution in [0.1, 0.15) is 38.1 Å². The van der Waals surface area contributed by atoms with Crippen molar-refractivity contribution in [3.05, 3.63) is 53.3 Å². The van der Waals surface area contributed by atoms with E-state index in [2.05, 4.69) is 0 Å². The molecule has 0 radical (unpaired) electrons. The van der Waals surface area contributed by atoms with Crippen molar-refractivity contribution >= 4 is 27.6 Å². The van der Waals surface area contributed by atoms with Crippen molar-refractivity contribution in [1.82, 2.24) is 8.87 Å². The summed E-state index contributed by atoms with van der Waals surface area (Å²) >= 11 is 0. The summed E-state index contributed by atoms with van der Waals surface area (Å²) in [4.78, 5) is 36.0. The van der Waals surface area contributed by atoms with Gasteiger partial charge in [-0.1, -0.05) is 0 Å². The largest absolute Gasteiger partial charge is 0.453 e. The predicted octanol–water partition coefficient (Wildman–Crippen LogP) is 1.29. The van der Waals surface area contributed by atoms with Crippen LogP contribution in [0.2, 0.25) is 0 Å². The molecule has 30 heavy (non-hydrogen) atoms. The van der Waals surface area contributed by atoms with Crippen LogP contribution in [0.25, 0.3) is 0 Å². The van der Waals surface area contributed by atoms with Crippen molar-refractivity contribution in [2.75, 3.05) is 32.9 Å². The Balaban J connectivity index is 1.63. The maximum absolute atomic E-state index is 12.6. The average molecular weight is 434 g/mol. The number of nitrogens with zero attached hydrogens (tertiary/aromatic N) is 2. The molecule has 2 aromatic rings. The number of ketones is 2. The Kier molecular flexibility index (Phi) is 6.49. The Morgan fingerprint density at radius 2 is 1.70 bits per heavy atom. The van der Waals surface area contributed by atoms with Gasteiger partial charge in [0.1, 0.15) is 5.69 Å². The smallest absolute Gasteiger partial charge is 0.355 e. The maximum Gasteiger partial charge on any atom is 0.355 e. The van der Waals surface area contributed by atoms with E-state index in [0.717, 1.165) is 0 Å². The van der Waals surface area contributed by atoms with Gasteiger partial charge in [0.25, 0.3) is 0 Å². The van der Waals surface area contributed by atoms with Gasteiger partial charge < -0.3 is 14.0 Å². The number of aromatic nitrogens is 1. The van der Waals surface area contributed by atoms with Crippen LogP contribution in [-0.4, -0.2) is 67.7 Å². The number of esters is 1. The molecule has 3 rings (SSSR count). The Bertz CT molecular complexity index is 1070. The number of benzene rings is 1. The number of sulfonamides is 1. The first kappa shape index (κ1) is 21.9. The number of rotatable bonds is 7. The third-order valence-electron chi connectivity index (χ3n) is 4.74. The lowest BCUT2D eigenvalue weighted by atomic mass is 10.1. The second-order valence-electron chi connectivity index (χ2n) is 6.82. The summed E-state index contributed by atoms with van der Waals surface area (Å²) in [6, 6.07) is 6.90. The SMILES string of the molecule is CC(=O)c1cc(C(=O)OCC(=O)c2ccc(S(=O)(=O)N3CCOCC3)cc2)n(C)c1. The summed E-state index contributed by atoms with van der Waals surface area (Å²) in [5, 5.41) is 0. The number of hydrogen-bond donors (Lipinski definition) is 0. The van der Waals surface area contributed by atoms with Gasteiger partial charge in [-0.3, -0.25) is 9.59 Å². The third-order valence-corrected chi connectivity index (χ3v) is 6.65. The second-order valence-corrected chi connectivity index (χ2v) is 8.76. The molecule has 0 N–H and O–H groups in total. The number of hydrogen-bond acceptors (Lipinski definition) is 7. The first-order valence-electron chi connectivity index (χ1n) is 9.25. The Morgan fingerprint density at radius 3 is 2.27 bits per heavy atom. The zero-order valence-electron chi connectivity index (χ0n) is 16.7. The molecule has 1 saturated heterocycles. The normalized spacial score (nSPS) is 15.0. The van der Waals surface area contributed by atoms with Crippen LogP contribution in [0.3, 0.4) is 0 Å². The molecule has 0 spiro atoms. The molecule has 0 aliphatic carbocycles. The molecule has 10 heteroatoms. The van der Waals surface area contributed by atoms with Crippen molar-refractivity contribution in [3.8, 4) is 0 Å². The lowest BCUT2D eigenvalue weighted by Gasteiger charge is -2.26. The predicted molar refractivity (Wildman–Crippen MR) is 106 cm³/mol. The number of Topliss-reactive ketones (excluding diaryl/α,β-unsaturated/α-hetero) is 2. The van der Waals surface area contributed by atoms with Crippen LogP contribution in [0.4, 0.5) is 0 Å². The fourth-order valence-corrected chi connectivity index (χ4v) is 4.41. The van der Waals surface area contributed by atoms with Crippen LogP contribution in [0.5, 0.6) is 0 Å². The summed E-state index contributed by atoms with van der Waals surface area (Å²) in [6.07, 6.45) is 1.51. The summed E-state index contributed by atoms with van der Waals surface area (Å²) in [5.74, 6) is -1.39. The number of morpholine rings is 1. The molecule has 1 fully saturated rings. The molecule has 2 heterocycles. The van der Waals surface area contributed by atoms with E-state index in [1.54, 1.807) is 7.05 Å². The molecule has 1 aliphatic heterocycles. The molecule has 1 aromatic heterocycles. The fourth-order valence-electron chi connectivity index (χ4n) is 3.00. The molecule has 0 atom stereocenters. The highest BCUT2D eigenvalue weighted by Crippen LogP contribution is 2.18. The van der Waals surface area contributed by atoms with Crippen molar-refractivity contribution < 1.29 is 32.3 Å². The molecule has 1 aliphatic rings. The lowest BCUT2D eigenvalue weighted by Crippen LogP contribution is -2.40. The Labute approximate surface area is 174 Å². The van der Waals surface area contributed by atoms with Crippen molar-refractivity contribution in [3.63, 3.8) is 0 Å². The van der Waals surface area contributed by atoms with Crippen molar-refractivity contribution in [2.24, 2.45) is 7.05 Å². The van der Waals surface area contributed by atoms with Gasteiger partial charge in [-0.15, -0.1) is 0 Å². The highest BCUT2D eigenvalue weighted by Gasteiger charge is 2.26. The second kappa shape index (κ2) is 8.90. The van der Waals surface area contributed by atoms with E-state index < -0.39 is 28.4 Å². The van der Waals surface area contributed by atoms with Gasteiger partial charge in [-0.2, -0.15) is 4.31 Å². The van der Waals surface area contributed by atoms with Gasteiger partial charge in [0.15, 0.2) is 18.2 Å². The standard InChI is InChI=1S/C20H22N2O7S/c1-14(23)16-11-18(21(2)12-16)20(25)29-13-19(24)15-3-5-17(6-4-15)30(26,27)22-7-9-28-10-8-22/h3-6,11-12H,7-10,13H2,1-2H3. The van der Waals surface area contributed by atoms with E-state index in [1.165, 1.54) is 52.3 Å².